The second kappa shape index (κ2) is 6.68. The van der Waals surface area contributed by atoms with Crippen molar-refractivity contribution < 1.29 is 5.11 Å². The molecule has 0 saturated carbocycles. The maximum atomic E-state index is 9.57. The fourth-order valence-electron chi connectivity index (χ4n) is 2.77. The standard InChI is InChI=1S/C20H13Cl2NOS/c21-17-2-1-3-18(22)16(17)10-20-23-19(11-25-20)14-5-4-13-9-15(24)7-6-12(13)8-14/h1-9,11,24H,10H2. The minimum absolute atomic E-state index is 0.271. The molecule has 4 rings (SSSR count). The maximum Gasteiger partial charge on any atom is 0.116 e. The Morgan fingerprint density at radius 1 is 0.920 bits per heavy atom. The summed E-state index contributed by atoms with van der Waals surface area (Å²) in [6, 6.07) is 17.0. The molecule has 0 aliphatic rings. The molecule has 0 saturated heterocycles. The number of benzene rings is 3. The van der Waals surface area contributed by atoms with Crippen LogP contribution in [-0.2, 0) is 6.42 Å². The third-order valence-electron chi connectivity index (χ3n) is 4.06. The van der Waals surface area contributed by atoms with Gasteiger partial charge in [0, 0.05) is 27.4 Å². The van der Waals surface area contributed by atoms with E-state index in [1.807, 2.05) is 41.8 Å². The van der Waals surface area contributed by atoms with E-state index >= 15 is 0 Å². The van der Waals surface area contributed by atoms with E-state index in [1.54, 1.807) is 23.5 Å². The summed E-state index contributed by atoms with van der Waals surface area (Å²) in [6.07, 6.45) is 0.616. The Labute approximate surface area is 159 Å². The van der Waals surface area contributed by atoms with Gasteiger partial charge < -0.3 is 5.11 Å². The molecule has 0 bridgehead atoms. The van der Waals surface area contributed by atoms with Crippen LogP contribution < -0.4 is 0 Å². The molecular weight excluding hydrogens is 373 g/mol. The smallest absolute Gasteiger partial charge is 0.116 e. The quantitative estimate of drug-likeness (QED) is 0.432. The first-order valence-corrected chi connectivity index (χ1v) is 9.34. The molecule has 4 aromatic rings. The minimum atomic E-state index is 0.271. The highest BCUT2D eigenvalue weighted by atomic mass is 35.5. The molecule has 0 aliphatic heterocycles. The Bertz CT molecular complexity index is 1050. The maximum absolute atomic E-state index is 9.57. The van der Waals surface area contributed by atoms with Gasteiger partial charge in [0.15, 0.2) is 0 Å². The number of halogens is 2. The summed E-state index contributed by atoms with van der Waals surface area (Å²) in [7, 11) is 0. The average molecular weight is 386 g/mol. The van der Waals surface area contributed by atoms with Gasteiger partial charge in [0.1, 0.15) is 5.75 Å². The van der Waals surface area contributed by atoms with Gasteiger partial charge in [0.25, 0.3) is 0 Å². The summed E-state index contributed by atoms with van der Waals surface area (Å²) in [6.45, 7) is 0. The van der Waals surface area contributed by atoms with Crippen LogP contribution in [0.5, 0.6) is 5.75 Å². The zero-order chi connectivity index (χ0) is 17.4. The second-order valence-corrected chi connectivity index (χ2v) is 7.51. The van der Waals surface area contributed by atoms with E-state index in [2.05, 4.69) is 6.07 Å². The van der Waals surface area contributed by atoms with E-state index in [1.165, 1.54) is 0 Å². The zero-order valence-electron chi connectivity index (χ0n) is 13.0. The first-order chi connectivity index (χ1) is 12.1. The van der Waals surface area contributed by atoms with Crippen molar-refractivity contribution in [3.8, 4) is 17.0 Å². The summed E-state index contributed by atoms with van der Waals surface area (Å²) >= 11 is 14.1. The predicted molar refractivity (Wildman–Crippen MR) is 106 cm³/mol. The topological polar surface area (TPSA) is 33.1 Å². The molecule has 2 nitrogen and oxygen atoms in total. The highest BCUT2D eigenvalue weighted by molar-refractivity contribution is 7.10. The molecule has 0 unspecified atom stereocenters. The van der Waals surface area contributed by atoms with Crippen molar-refractivity contribution in [2.75, 3.05) is 0 Å². The van der Waals surface area contributed by atoms with Gasteiger partial charge in [-0.25, -0.2) is 4.98 Å². The third-order valence-corrected chi connectivity index (χ3v) is 5.62. The number of hydrogen-bond donors (Lipinski definition) is 1. The van der Waals surface area contributed by atoms with E-state index in [4.69, 9.17) is 28.2 Å². The molecule has 0 aliphatic carbocycles. The van der Waals surface area contributed by atoms with Gasteiger partial charge in [-0.3, -0.25) is 0 Å². The van der Waals surface area contributed by atoms with Gasteiger partial charge in [-0.2, -0.15) is 0 Å². The molecule has 25 heavy (non-hydrogen) atoms. The van der Waals surface area contributed by atoms with Crippen LogP contribution >= 0.6 is 34.5 Å². The largest absolute Gasteiger partial charge is 0.508 e. The molecule has 0 amide bonds. The first kappa shape index (κ1) is 16.4. The summed E-state index contributed by atoms with van der Waals surface area (Å²) in [4.78, 5) is 4.73. The van der Waals surface area contributed by atoms with Gasteiger partial charge >= 0.3 is 0 Å². The van der Waals surface area contributed by atoms with Crippen molar-refractivity contribution in [2.45, 2.75) is 6.42 Å². The van der Waals surface area contributed by atoms with Gasteiger partial charge in [0.05, 0.1) is 10.7 Å². The molecule has 1 heterocycles. The predicted octanol–water partition coefficient (Wildman–Crippen LogP) is 6.57. The van der Waals surface area contributed by atoms with Crippen molar-refractivity contribution in [3.63, 3.8) is 0 Å². The van der Waals surface area contributed by atoms with E-state index in [-0.39, 0.29) is 5.75 Å². The lowest BCUT2D eigenvalue weighted by Crippen LogP contribution is -1.90. The first-order valence-electron chi connectivity index (χ1n) is 7.70. The van der Waals surface area contributed by atoms with Crippen molar-refractivity contribution >= 4 is 45.3 Å². The number of hydrogen-bond acceptors (Lipinski definition) is 3. The van der Waals surface area contributed by atoms with Crippen LogP contribution in [0.15, 0.2) is 60.0 Å². The van der Waals surface area contributed by atoms with Crippen LogP contribution in [0.2, 0.25) is 10.0 Å². The highest BCUT2D eigenvalue weighted by Gasteiger charge is 2.11. The van der Waals surface area contributed by atoms with Crippen LogP contribution in [0.4, 0.5) is 0 Å². The monoisotopic (exact) mass is 385 g/mol. The van der Waals surface area contributed by atoms with Crippen LogP contribution in [0, 0.1) is 0 Å². The van der Waals surface area contributed by atoms with Gasteiger partial charge in [-0.1, -0.05) is 47.5 Å². The van der Waals surface area contributed by atoms with Crippen LogP contribution in [0.1, 0.15) is 10.6 Å². The summed E-state index contributed by atoms with van der Waals surface area (Å²) in [5, 5.41) is 16.0. The molecule has 5 heteroatoms. The molecule has 1 N–H and O–H groups in total. The van der Waals surface area contributed by atoms with Crippen LogP contribution in [0.25, 0.3) is 22.0 Å². The van der Waals surface area contributed by atoms with Crippen molar-refractivity contribution in [2.24, 2.45) is 0 Å². The summed E-state index contributed by atoms with van der Waals surface area (Å²) in [5.74, 6) is 0.271. The van der Waals surface area contributed by atoms with E-state index < -0.39 is 0 Å². The second-order valence-electron chi connectivity index (χ2n) is 5.75. The molecule has 0 spiro atoms. The average Bonchev–Trinajstić information content (AvgIpc) is 3.06. The Morgan fingerprint density at radius 2 is 1.64 bits per heavy atom. The molecule has 1 aromatic heterocycles. The van der Waals surface area contributed by atoms with E-state index in [0.29, 0.717) is 16.5 Å². The third kappa shape index (κ3) is 3.36. The van der Waals surface area contributed by atoms with Crippen LogP contribution in [0.3, 0.4) is 0 Å². The number of aromatic hydroxyl groups is 1. The summed E-state index contributed by atoms with van der Waals surface area (Å²) in [5.41, 5.74) is 2.88. The molecule has 0 atom stereocenters. The van der Waals surface area contributed by atoms with E-state index in [0.717, 1.165) is 32.6 Å². The lowest BCUT2D eigenvalue weighted by Gasteiger charge is -2.04. The van der Waals surface area contributed by atoms with Crippen molar-refractivity contribution in [3.05, 3.63) is 80.6 Å². The molecular formula is C20H13Cl2NOS. The Hall–Kier alpha value is -2.07. The van der Waals surface area contributed by atoms with Gasteiger partial charge in [0.2, 0.25) is 0 Å². The Morgan fingerprint density at radius 3 is 2.44 bits per heavy atom. The Kier molecular flexibility index (Phi) is 4.38. The highest BCUT2D eigenvalue weighted by Crippen LogP contribution is 2.31. The van der Waals surface area contributed by atoms with Gasteiger partial charge in [-0.15, -0.1) is 11.3 Å². The molecule has 3 aromatic carbocycles. The zero-order valence-corrected chi connectivity index (χ0v) is 15.4. The normalized spacial score (nSPS) is 11.1. The van der Waals surface area contributed by atoms with Crippen LogP contribution in [-0.4, -0.2) is 10.1 Å². The fraction of sp³-hybridized carbons (Fsp3) is 0.0500. The number of rotatable bonds is 3. The van der Waals surface area contributed by atoms with Crippen molar-refractivity contribution in [1.29, 1.82) is 0 Å². The molecule has 0 fully saturated rings. The van der Waals surface area contributed by atoms with Gasteiger partial charge in [-0.05, 0) is 46.7 Å². The number of phenolic OH excluding ortho intramolecular Hbond substituents is 1. The number of thiazole rings is 1. The SMILES string of the molecule is Oc1ccc2cc(-c3csc(Cc4c(Cl)cccc4Cl)n3)ccc2c1. The lowest BCUT2D eigenvalue weighted by atomic mass is 10.1. The minimum Gasteiger partial charge on any atom is -0.508 e. The fourth-order valence-corrected chi connectivity index (χ4v) is 4.12. The molecule has 124 valence electrons. The number of nitrogens with zero attached hydrogens (tertiary/aromatic N) is 1. The summed E-state index contributed by atoms with van der Waals surface area (Å²) < 4.78 is 0. The number of aromatic nitrogens is 1. The molecule has 0 radical (unpaired) electrons. The number of fused-ring (bicyclic) bond motifs is 1. The van der Waals surface area contributed by atoms with Crippen molar-refractivity contribution in [1.82, 2.24) is 4.98 Å². The van der Waals surface area contributed by atoms with E-state index in [9.17, 15) is 5.11 Å². The number of phenols is 1. The lowest BCUT2D eigenvalue weighted by molar-refractivity contribution is 0.476. The Balaban J connectivity index is 1.66.